The van der Waals surface area contributed by atoms with E-state index < -0.39 is 0 Å². The molecular weight excluding hydrogens is 391 g/mol. The lowest BCUT2D eigenvalue weighted by Gasteiger charge is -2.31. The van der Waals surface area contributed by atoms with E-state index in [1.54, 1.807) is 6.07 Å². The number of carbonyl (C=O) groups excluding carboxylic acids is 1. The zero-order valence-electron chi connectivity index (χ0n) is 14.4. The molecule has 138 valence electrons. The fraction of sp³-hybridized carbons (Fsp3) is 0.350. The average Bonchev–Trinajstić information content (AvgIpc) is 2.62. The summed E-state index contributed by atoms with van der Waals surface area (Å²) in [6.07, 6.45) is 3.32. The molecular formula is C20H21Cl3N2O. The van der Waals surface area contributed by atoms with Crippen molar-refractivity contribution in [2.24, 2.45) is 5.92 Å². The van der Waals surface area contributed by atoms with Crippen LogP contribution in [0.2, 0.25) is 15.1 Å². The Morgan fingerprint density at radius 3 is 2.35 bits per heavy atom. The average molecular weight is 412 g/mol. The molecule has 1 amide bonds. The van der Waals surface area contributed by atoms with Crippen LogP contribution < -0.4 is 5.32 Å². The maximum Gasteiger partial charge on any atom is 0.238 e. The van der Waals surface area contributed by atoms with Crippen LogP contribution in [0, 0.1) is 5.92 Å². The molecule has 3 nitrogen and oxygen atoms in total. The van der Waals surface area contributed by atoms with E-state index in [4.69, 9.17) is 34.8 Å². The minimum atomic E-state index is -0.0909. The Kier molecular flexibility index (Phi) is 6.82. The summed E-state index contributed by atoms with van der Waals surface area (Å²) in [5.41, 5.74) is 1.88. The van der Waals surface area contributed by atoms with Gasteiger partial charge in [0, 0.05) is 0 Å². The van der Waals surface area contributed by atoms with Crippen molar-refractivity contribution in [2.45, 2.75) is 19.3 Å². The van der Waals surface area contributed by atoms with Gasteiger partial charge >= 0.3 is 0 Å². The fourth-order valence-corrected chi connectivity index (χ4v) is 3.90. The van der Waals surface area contributed by atoms with Gasteiger partial charge in [-0.1, -0.05) is 65.1 Å². The number of nitrogens with zero attached hydrogens (tertiary/aromatic N) is 1. The summed E-state index contributed by atoms with van der Waals surface area (Å²) < 4.78 is 0. The number of hydrogen-bond donors (Lipinski definition) is 1. The van der Waals surface area contributed by atoms with Crippen molar-refractivity contribution >= 4 is 46.4 Å². The fourth-order valence-electron chi connectivity index (χ4n) is 3.31. The monoisotopic (exact) mass is 410 g/mol. The van der Waals surface area contributed by atoms with Gasteiger partial charge in [0.2, 0.25) is 5.91 Å². The lowest BCUT2D eigenvalue weighted by atomic mass is 9.90. The normalized spacial score (nSPS) is 15.8. The Morgan fingerprint density at radius 2 is 1.65 bits per heavy atom. The highest BCUT2D eigenvalue weighted by Gasteiger charge is 2.21. The van der Waals surface area contributed by atoms with Gasteiger partial charge < -0.3 is 5.32 Å². The van der Waals surface area contributed by atoms with E-state index >= 15 is 0 Å². The van der Waals surface area contributed by atoms with Gasteiger partial charge in [-0.25, -0.2) is 0 Å². The van der Waals surface area contributed by atoms with Gasteiger partial charge in [-0.15, -0.1) is 0 Å². The molecule has 0 unspecified atom stereocenters. The molecule has 0 bridgehead atoms. The second-order valence-electron chi connectivity index (χ2n) is 6.70. The maximum absolute atomic E-state index is 12.3. The number of carbonyl (C=O) groups is 1. The van der Waals surface area contributed by atoms with Gasteiger partial charge in [-0.2, -0.15) is 0 Å². The molecule has 26 heavy (non-hydrogen) atoms. The second kappa shape index (κ2) is 9.09. The van der Waals surface area contributed by atoms with Gasteiger partial charge in [0.05, 0.1) is 27.3 Å². The van der Waals surface area contributed by atoms with E-state index in [0.717, 1.165) is 32.4 Å². The third kappa shape index (κ3) is 5.37. The van der Waals surface area contributed by atoms with Crippen LogP contribution in [0.5, 0.6) is 0 Å². The van der Waals surface area contributed by atoms with Gasteiger partial charge in [0.1, 0.15) is 0 Å². The highest BCUT2D eigenvalue weighted by atomic mass is 35.5. The van der Waals surface area contributed by atoms with Crippen LogP contribution >= 0.6 is 34.8 Å². The topological polar surface area (TPSA) is 32.3 Å². The van der Waals surface area contributed by atoms with Crippen molar-refractivity contribution in [3.63, 3.8) is 0 Å². The Balaban J connectivity index is 1.47. The first kappa shape index (κ1) is 19.5. The van der Waals surface area contributed by atoms with Crippen LogP contribution in [-0.2, 0) is 11.2 Å². The minimum Gasteiger partial charge on any atom is -0.324 e. The summed E-state index contributed by atoms with van der Waals surface area (Å²) >= 11 is 18.0. The number of rotatable bonds is 5. The van der Waals surface area contributed by atoms with Crippen LogP contribution in [0.15, 0.2) is 42.5 Å². The van der Waals surface area contributed by atoms with E-state index in [0.29, 0.717) is 33.2 Å². The van der Waals surface area contributed by atoms with Crippen molar-refractivity contribution in [3.8, 4) is 0 Å². The van der Waals surface area contributed by atoms with Gasteiger partial charge in [0.15, 0.2) is 0 Å². The predicted molar refractivity (Wildman–Crippen MR) is 109 cm³/mol. The molecule has 1 heterocycles. The van der Waals surface area contributed by atoms with Crippen LogP contribution in [0.25, 0.3) is 0 Å². The summed E-state index contributed by atoms with van der Waals surface area (Å²) in [6, 6.07) is 13.7. The third-order valence-corrected chi connectivity index (χ3v) is 5.76. The van der Waals surface area contributed by atoms with Crippen LogP contribution in [0.1, 0.15) is 18.4 Å². The molecule has 1 fully saturated rings. The molecule has 0 radical (unpaired) electrons. The maximum atomic E-state index is 12.3. The molecule has 0 aromatic heterocycles. The quantitative estimate of drug-likeness (QED) is 0.655. The van der Waals surface area contributed by atoms with Crippen molar-refractivity contribution in [2.75, 3.05) is 25.0 Å². The molecule has 2 aromatic rings. The Hall–Kier alpha value is -1.26. The highest BCUT2D eigenvalue weighted by Crippen LogP contribution is 2.32. The first-order valence-corrected chi connectivity index (χ1v) is 9.85. The predicted octanol–water partition coefficient (Wildman–Crippen LogP) is 5.54. The molecule has 0 saturated carbocycles. The number of hydrogen-bond acceptors (Lipinski definition) is 2. The minimum absolute atomic E-state index is 0.0909. The molecule has 2 aromatic carbocycles. The second-order valence-corrected chi connectivity index (χ2v) is 7.93. The summed E-state index contributed by atoms with van der Waals surface area (Å²) in [5.74, 6) is 0.591. The number of anilines is 1. The SMILES string of the molecule is O=C(CN1CCC(Cc2ccccc2)CC1)Nc1cc(Cl)c(Cl)cc1Cl. The van der Waals surface area contributed by atoms with Gasteiger partial charge in [-0.05, 0) is 56.0 Å². The molecule has 1 aliphatic rings. The summed E-state index contributed by atoms with van der Waals surface area (Å²) in [6.45, 7) is 2.22. The molecule has 1 aliphatic heterocycles. The molecule has 6 heteroatoms. The van der Waals surface area contributed by atoms with Crippen molar-refractivity contribution < 1.29 is 4.79 Å². The molecule has 1 saturated heterocycles. The number of amides is 1. The molecule has 0 aliphatic carbocycles. The lowest BCUT2D eigenvalue weighted by molar-refractivity contribution is -0.117. The lowest BCUT2D eigenvalue weighted by Crippen LogP contribution is -2.39. The van der Waals surface area contributed by atoms with Crippen LogP contribution in [0.3, 0.4) is 0 Å². The Labute approximate surface area is 169 Å². The van der Waals surface area contributed by atoms with E-state index in [1.165, 1.54) is 11.6 Å². The van der Waals surface area contributed by atoms with Crippen molar-refractivity contribution in [1.29, 1.82) is 0 Å². The van der Waals surface area contributed by atoms with E-state index in [2.05, 4.69) is 34.5 Å². The van der Waals surface area contributed by atoms with Crippen LogP contribution in [0.4, 0.5) is 5.69 Å². The zero-order chi connectivity index (χ0) is 18.5. The number of piperidine rings is 1. The molecule has 1 N–H and O–H groups in total. The molecule has 0 atom stereocenters. The van der Waals surface area contributed by atoms with Gasteiger partial charge in [0.25, 0.3) is 0 Å². The molecule has 0 spiro atoms. The summed E-state index contributed by atoms with van der Waals surface area (Å²) in [4.78, 5) is 14.5. The van der Waals surface area contributed by atoms with E-state index in [1.807, 2.05) is 6.07 Å². The highest BCUT2D eigenvalue weighted by molar-refractivity contribution is 6.44. The number of nitrogens with one attached hydrogen (secondary N) is 1. The zero-order valence-corrected chi connectivity index (χ0v) is 16.6. The largest absolute Gasteiger partial charge is 0.324 e. The van der Waals surface area contributed by atoms with Crippen molar-refractivity contribution in [3.05, 3.63) is 63.1 Å². The summed E-state index contributed by atoms with van der Waals surface area (Å²) in [7, 11) is 0. The van der Waals surface area contributed by atoms with E-state index in [-0.39, 0.29) is 5.91 Å². The first-order valence-electron chi connectivity index (χ1n) is 8.72. The standard InChI is InChI=1S/C20H21Cl3N2O/c21-16-11-18(23)19(12-17(16)22)24-20(26)13-25-8-6-15(7-9-25)10-14-4-2-1-3-5-14/h1-5,11-12,15H,6-10,13H2,(H,24,26). The van der Waals surface area contributed by atoms with Gasteiger partial charge in [-0.3, -0.25) is 9.69 Å². The van der Waals surface area contributed by atoms with E-state index in [9.17, 15) is 4.79 Å². The Morgan fingerprint density at radius 1 is 1.00 bits per heavy atom. The number of halogens is 3. The Bertz CT molecular complexity index is 759. The summed E-state index contributed by atoms with van der Waals surface area (Å²) in [5, 5.41) is 3.94. The first-order chi connectivity index (χ1) is 12.5. The number of benzene rings is 2. The smallest absolute Gasteiger partial charge is 0.238 e. The molecule has 3 rings (SSSR count). The van der Waals surface area contributed by atoms with Crippen LogP contribution in [-0.4, -0.2) is 30.4 Å². The third-order valence-electron chi connectivity index (χ3n) is 4.73. The van der Waals surface area contributed by atoms with Crippen molar-refractivity contribution in [1.82, 2.24) is 4.90 Å². The number of likely N-dealkylation sites (tertiary alicyclic amines) is 1.